The lowest BCUT2D eigenvalue weighted by Crippen LogP contribution is -2.45. The summed E-state index contributed by atoms with van der Waals surface area (Å²) in [5.74, 6) is 1.00. The standard InChI is InChI=1S/C22H24ClN5/c1-25-10-12-26(13-11-25)14-15-27-21(17-6-8-18(23)9-7-17)16-28-20-5-3-2-4-19(20)24-22(27)28/h2-9,16H,10-15H2,1H3. The number of imidazole rings is 2. The van der Waals surface area contributed by atoms with Crippen LogP contribution in [0.2, 0.25) is 5.02 Å². The second-order valence-electron chi connectivity index (χ2n) is 7.59. The fraction of sp³-hybridized carbons (Fsp3) is 0.318. The van der Waals surface area contributed by atoms with E-state index in [2.05, 4.69) is 62.3 Å². The highest BCUT2D eigenvalue weighted by Gasteiger charge is 2.18. The van der Waals surface area contributed by atoms with Gasteiger partial charge in [-0.2, -0.15) is 0 Å². The molecule has 0 bridgehead atoms. The van der Waals surface area contributed by atoms with E-state index < -0.39 is 0 Å². The minimum Gasteiger partial charge on any atom is -0.308 e. The van der Waals surface area contributed by atoms with E-state index in [1.54, 1.807) is 0 Å². The third-order valence-corrected chi connectivity index (χ3v) is 5.99. The molecule has 0 spiro atoms. The smallest absolute Gasteiger partial charge is 0.215 e. The Morgan fingerprint density at radius 1 is 0.929 bits per heavy atom. The van der Waals surface area contributed by atoms with Crippen LogP contribution in [-0.2, 0) is 6.54 Å². The summed E-state index contributed by atoms with van der Waals surface area (Å²) in [4.78, 5) is 9.87. The summed E-state index contributed by atoms with van der Waals surface area (Å²) in [7, 11) is 2.20. The second-order valence-corrected chi connectivity index (χ2v) is 8.02. The quantitative estimate of drug-likeness (QED) is 0.527. The molecule has 0 radical (unpaired) electrons. The zero-order valence-electron chi connectivity index (χ0n) is 16.1. The highest BCUT2D eigenvalue weighted by molar-refractivity contribution is 6.30. The molecule has 0 atom stereocenters. The molecule has 0 N–H and O–H groups in total. The van der Waals surface area contributed by atoms with Gasteiger partial charge in [0.2, 0.25) is 5.78 Å². The van der Waals surface area contributed by atoms with Gasteiger partial charge in [0, 0.05) is 50.5 Å². The fourth-order valence-electron chi connectivity index (χ4n) is 4.03. The van der Waals surface area contributed by atoms with Gasteiger partial charge in [-0.1, -0.05) is 35.9 Å². The van der Waals surface area contributed by atoms with Gasteiger partial charge in [-0.25, -0.2) is 4.98 Å². The number of halogens is 1. The highest BCUT2D eigenvalue weighted by Crippen LogP contribution is 2.27. The Kier molecular flexibility index (Phi) is 4.59. The van der Waals surface area contributed by atoms with Crippen LogP contribution in [0.1, 0.15) is 0 Å². The van der Waals surface area contributed by atoms with E-state index in [0.717, 1.165) is 66.7 Å². The Hall–Kier alpha value is -2.34. The van der Waals surface area contributed by atoms with Crippen LogP contribution in [0, 0.1) is 0 Å². The number of fused-ring (bicyclic) bond motifs is 3. The number of likely N-dealkylation sites (N-methyl/N-ethyl adjacent to an activating group) is 1. The molecule has 0 saturated carbocycles. The van der Waals surface area contributed by atoms with Crippen molar-refractivity contribution in [2.75, 3.05) is 39.8 Å². The van der Waals surface area contributed by atoms with Crippen LogP contribution in [0.15, 0.2) is 54.7 Å². The van der Waals surface area contributed by atoms with Gasteiger partial charge in [-0.3, -0.25) is 9.30 Å². The molecule has 28 heavy (non-hydrogen) atoms. The first-order valence-electron chi connectivity index (χ1n) is 9.82. The molecule has 2 aromatic carbocycles. The second kappa shape index (κ2) is 7.24. The van der Waals surface area contributed by atoms with E-state index >= 15 is 0 Å². The Morgan fingerprint density at radius 2 is 1.68 bits per heavy atom. The largest absolute Gasteiger partial charge is 0.308 e. The molecule has 0 aliphatic carbocycles. The maximum Gasteiger partial charge on any atom is 0.215 e. The SMILES string of the molecule is CN1CCN(CCn2c(-c3ccc(Cl)cc3)cn3c4ccccc4nc23)CC1. The lowest BCUT2D eigenvalue weighted by molar-refractivity contribution is 0.150. The molecule has 1 fully saturated rings. The number of rotatable bonds is 4. The van der Waals surface area contributed by atoms with Crippen LogP contribution in [0.25, 0.3) is 28.1 Å². The topological polar surface area (TPSA) is 28.7 Å². The number of para-hydroxylation sites is 2. The average Bonchev–Trinajstić information content (AvgIpc) is 3.24. The van der Waals surface area contributed by atoms with Crippen LogP contribution in [-0.4, -0.2) is 63.5 Å². The Morgan fingerprint density at radius 3 is 2.46 bits per heavy atom. The average molecular weight is 394 g/mol. The molecule has 5 rings (SSSR count). The molecule has 5 nitrogen and oxygen atoms in total. The van der Waals surface area contributed by atoms with Crippen molar-refractivity contribution in [2.45, 2.75) is 6.54 Å². The molecule has 1 aliphatic rings. The molecule has 144 valence electrons. The zero-order valence-corrected chi connectivity index (χ0v) is 16.8. The van der Waals surface area contributed by atoms with E-state index in [0.29, 0.717) is 0 Å². The van der Waals surface area contributed by atoms with E-state index in [1.165, 1.54) is 5.69 Å². The lowest BCUT2D eigenvalue weighted by atomic mass is 10.1. The number of aromatic nitrogens is 3. The molecule has 4 aromatic rings. The van der Waals surface area contributed by atoms with E-state index in [9.17, 15) is 0 Å². The van der Waals surface area contributed by atoms with Crippen molar-refractivity contribution in [1.82, 2.24) is 23.8 Å². The zero-order chi connectivity index (χ0) is 19.1. The molecule has 0 amide bonds. The van der Waals surface area contributed by atoms with E-state index in [4.69, 9.17) is 16.6 Å². The fourth-order valence-corrected chi connectivity index (χ4v) is 4.16. The molecule has 3 heterocycles. The Balaban J connectivity index is 1.55. The van der Waals surface area contributed by atoms with Crippen molar-refractivity contribution in [2.24, 2.45) is 0 Å². The summed E-state index contributed by atoms with van der Waals surface area (Å²) < 4.78 is 4.56. The normalized spacial score (nSPS) is 16.4. The third-order valence-electron chi connectivity index (χ3n) is 5.74. The molecule has 1 saturated heterocycles. The Labute approximate surface area is 169 Å². The number of benzene rings is 2. The number of nitrogens with zero attached hydrogens (tertiary/aromatic N) is 5. The molecule has 2 aromatic heterocycles. The van der Waals surface area contributed by atoms with Crippen molar-refractivity contribution < 1.29 is 0 Å². The third kappa shape index (κ3) is 3.20. The van der Waals surface area contributed by atoms with Crippen molar-refractivity contribution in [3.63, 3.8) is 0 Å². The van der Waals surface area contributed by atoms with Crippen molar-refractivity contribution >= 4 is 28.4 Å². The maximum absolute atomic E-state index is 6.11. The monoisotopic (exact) mass is 393 g/mol. The van der Waals surface area contributed by atoms with Crippen LogP contribution >= 0.6 is 11.6 Å². The first-order valence-corrected chi connectivity index (χ1v) is 10.2. The van der Waals surface area contributed by atoms with Gasteiger partial charge in [0.25, 0.3) is 0 Å². The van der Waals surface area contributed by atoms with Gasteiger partial charge in [-0.15, -0.1) is 0 Å². The Bertz CT molecular complexity index is 1100. The number of hydrogen-bond donors (Lipinski definition) is 0. The van der Waals surface area contributed by atoms with Gasteiger partial charge in [0.1, 0.15) is 0 Å². The predicted molar refractivity (Wildman–Crippen MR) is 115 cm³/mol. The number of hydrogen-bond acceptors (Lipinski definition) is 3. The van der Waals surface area contributed by atoms with Gasteiger partial charge >= 0.3 is 0 Å². The summed E-state index contributed by atoms with van der Waals surface area (Å²) in [5.41, 5.74) is 4.52. The van der Waals surface area contributed by atoms with Crippen LogP contribution in [0.4, 0.5) is 0 Å². The predicted octanol–water partition coefficient (Wildman–Crippen LogP) is 3.86. The van der Waals surface area contributed by atoms with Crippen molar-refractivity contribution in [1.29, 1.82) is 0 Å². The minimum absolute atomic E-state index is 0.759. The summed E-state index contributed by atoms with van der Waals surface area (Å²) >= 11 is 6.11. The van der Waals surface area contributed by atoms with Crippen molar-refractivity contribution in [3.8, 4) is 11.3 Å². The number of piperazine rings is 1. The van der Waals surface area contributed by atoms with Crippen LogP contribution < -0.4 is 0 Å². The van der Waals surface area contributed by atoms with Crippen LogP contribution in [0.5, 0.6) is 0 Å². The van der Waals surface area contributed by atoms with Crippen molar-refractivity contribution in [3.05, 3.63) is 59.8 Å². The van der Waals surface area contributed by atoms with Gasteiger partial charge in [-0.05, 0) is 36.9 Å². The summed E-state index contributed by atoms with van der Waals surface area (Å²) in [6.07, 6.45) is 2.21. The molecule has 0 unspecified atom stereocenters. The highest BCUT2D eigenvalue weighted by atomic mass is 35.5. The summed E-state index contributed by atoms with van der Waals surface area (Å²) in [6.45, 7) is 6.47. The summed E-state index contributed by atoms with van der Waals surface area (Å²) in [6, 6.07) is 16.4. The molecule has 6 heteroatoms. The molecular formula is C22H24ClN5. The molecule has 1 aliphatic heterocycles. The maximum atomic E-state index is 6.11. The van der Waals surface area contributed by atoms with Gasteiger partial charge in [0.15, 0.2) is 0 Å². The first-order chi connectivity index (χ1) is 13.7. The lowest BCUT2D eigenvalue weighted by Gasteiger charge is -2.32. The first kappa shape index (κ1) is 17.7. The van der Waals surface area contributed by atoms with Gasteiger partial charge in [0.05, 0.1) is 16.7 Å². The minimum atomic E-state index is 0.759. The van der Waals surface area contributed by atoms with E-state index in [-0.39, 0.29) is 0 Å². The van der Waals surface area contributed by atoms with Crippen LogP contribution in [0.3, 0.4) is 0 Å². The molecular weight excluding hydrogens is 370 g/mol. The van der Waals surface area contributed by atoms with Gasteiger partial charge < -0.3 is 9.47 Å². The summed E-state index contributed by atoms with van der Waals surface area (Å²) in [5, 5.41) is 0.759. The van der Waals surface area contributed by atoms with E-state index in [1.807, 2.05) is 18.2 Å².